The van der Waals surface area contributed by atoms with Crippen LogP contribution in [-0.2, 0) is 0 Å². The van der Waals surface area contributed by atoms with Crippen LogP contribution in [0.1, 0.15) is 25.3 Å². The minimum absolute atomic E-state index is 0.348. The van der Waals surface area contributed by atoms with E-state index in [4.69, 9.17) is 29.6 Å². The Hall–Kier alpha value is -0.800. The van der Waals surface area contributed by atoms with Crippen molar-refractivity contribution in [1.29, 1.82) is 0 Å². The van der Waals surface area contributed by atoms with Crippen molar-refractivity contribution in [1.82, 2.24) is 0 Å². The van der Waals surface area contributed by atoms with Gasteiger partial charge in [-0.1, -0.05) is 36.8 Å². The number of halogens is 1. The van der Waals surface area contributed by atoms with Gasteiger partial charge in [0, 0.05) is 11.7 Å². The molecule has 1 saturated carbocycles. The normalized spacial score (nSPS) is 23.6. The van der Waals surface area contributed by atoms with Crippen molar-refractivity contribution >= 4 is 34.5 Å². The Bertz CT molecular complexity index is 413. The zero-order chi connectivity index (χ0) is 11.7. The van der Waals surface area contributed by atoms with Gasteiger partial charge in [-0.05, 0) is 30.9 Å². The number of anilines is 1. The van der Waals surface area contributed by atoms with E-state index in [0.29, 0.717) is 16.1 Å². The molecule has 0 saturated heterocycles. The molecule has 1 aliphatic rings. The van der Waals surface area contributed by atoms with E-state index in [1.165, 1.54) is 12.8 Å². The summed E-state index contributed by atoms with van der Waals surface area (Å²) in [7, 11) is 0. The summed E-state index contributed by atoms with van der Waals surface area (Å²) in [6.45, 7) is 2.25. The molecule has 0 aromatic heterocycles. The van der Waals surface area contributed by atoms with Gasteiger partial charge in [-0.15, -0.1) is 0 Å². The van der Waals surface area contributed by atoms with E-state index in [1.807, 2.05) is 18.2 Å². The number of thiocarbonyl (C=S) groups is 1. The predicted molar refractivity (Wildman–Crippen MR) is 73.1 cm³/mol. The third-order valence-corrected chi connectivity index (χ3v) is 3.51. The van der Waals surface area contributed by atoms with Gasteiger partial charge < -0.3 is 11.1 Å². The fourth-order valence-corrected chi connectivity index (χ4v) is 2.69. The van der Waals surface area contributed by atoms with E-state index < -0.39 is 0 Å². The van der Waals surface area contributed by atoms with Crippen LogP contribution in [0, 0.1) is 5.92 Å². The highest BCUT2D eigenvalue weighted by molar-refractivity contribution is 7.80. The highest BCUT2D eigenvalue weighted by Crippen LogP contribution is 2.32. The Labute approximate surface area is 106 Å². The van der Waals surface area contributed by atoms with Crippen LogP contribution in [-0.4, -0.2) is 11.0 Å². The lowest BCUT2D eigenvalue weighted by molar-refractivity contribution is 0.309. The van der Waals surface area contributed by atoms with E-state index in [0.717, 1.165) is 17.2 Å². The molecule has 4 heteroatoms. The highest BCUT2D eigenvalue weighted by atomic mass is 35.5. The lowest BCUT2D eigenvalue weighted by atomic mass is 9.81. The Morgan fingerprint density at radius 2 is 2.19 bits per heavy atom. The van der Waals surface area contributed by atoms with Crippen molar-refractivity contribution < 1.29 is 0 Å². The Morgan fingerprint density at radius 1 is 1.50 bits per heavy atom. The minimum Gasteiger partial charge on any atom is -0.389 e. The fourth-order valence-electron chi connectivity index (χ4n) is 2.13. The van der Waals surface area contributed by atoms with E-state index in [1.54, 1.807) is 0 Å². The van der Waals surface area contributed by atoms with Crippen molar-refractivity contribution in [3.05, 3.63) is 28.8 Å². The summed E-state index contributed by atoms with van der Waals surface area (Å²) in [5.41, 5.74) is 7.40. The lowest BCUT2D eigenvalue weighted by Crippen LogP contribution is -2.34. The Balaban J connectivity index is 2.19. The van der Waals surface area contributed by atoms with E-state index in [9.17, 15) is 0 Å². The SMILES string of the molecule is CC1CC(Nc2cccc(Cl)c2C(N)=S)C1. The quantitative estimate of drug-likeness (QED) is 0.814. The van der Waals surface area contributed by atoms with Crippen molar-refractivity contribution in [3.63, 3.8) is 0 Å². The van der Waals surface area contributed by atoms with Crippen LogP contribution in [0.2, 0.25) is 5.02 Å². The molecule has 1 aromatic rings. The number of hydrogen-bond acceptors (Lipinski definition) is 2. The molecule has 0 atom stereocenters. The van der Waals surface area contributed by atoms with Gasteiger partial charge in [-0.25, -0.2) is 0 Å². The Morgan fingerprint density at radius 3 is 2.75 bits per heavy atom. The molecule has 3 N–H and O–H groups in total. The van der Waals surface area contributed by atoms with Crippen molar-refractivity contribution in [2.45, 2.75) is 25.8 Å². The molecule has 16 heavy (non-hydrogen) atoms. The van der Waals surface area contributed by atoms with E-state index in [2.05, 4.69) is 12.2 Å². The molecule has 1 aliphatic carbocycles. The maximum Gasteiger partial charge on any atom is 0.107 e. The third kappa shape index (κ3) is 2.30. The second-order valence-corrected chi connectivity index (χ2v) is 5.29. The molecular formula is C12H15ClN2S. The van der Waals surface area contributed by atoms with E-state index >= 15 is 0 Å². The highest BCUT2D eigenvalue weighted by Gasteiger charge is 2.26. The van der Waals surface area contributed by atoms with Crippen LogP contribution < -0.4 is 11.1 Å². The van der Waals surface area contributed by atoms with Gasteiger partial charge in [0.15, 0.2) is 0 Å². The summed E-state index contributed by atoms with van der Waals surface area (Å²) in [6.07, 6.45) is 2.40. The Kier molecular flexibility index (Phi) is 3.36. The van der Waals surface area contributed by atoms with Crippen LogP contribution in [0.3, 0.4) is 0 Å². The number of benzene rings is 1. The zero-order valence-corrected chi connectivity index (χ0v) is 10.7. The summed E-state index contributed by atoms with van der Waals surface area (Å²) in [4.78, 5) is 0.348. The molecule has 2 nitrogen and oxygen atoms in total. The molecule has 1 aromatic carbocycles. The van der Waals surface area contributed by atoms with Gasteiger partial charge >= 0.3 is 0 Å². The van der Waals surface area contributed by atoms with Gasteiger partial charge in [0.25, 0.3) is 0 Å². The third-order valence-electron chi connectivity index (χ3n) is 2.99. The maximum absolute atomic E-state index is 6.09. The van der Waals surface area contributed by atoms with Gasteiger partial charge in [-0.3, -0.25) is 0 Å². The summed E-state index contributed by atoms with van der Waals surface area (Å²) >= 11 is 11.1. The second kappa shape index (κ2) is 4.60. The van der Waals surface area contributed by atoms with E-state index in [-0.39, 0.29) is 0 Å². The number of nitrogens with one attached hydrogen (secondary N) is 1. The second-order valence-electron chi connectivity index (χ2n) is 4.44. The average molecular weight is 255 g/mol. The molecule has 2 rings (SSSR count). The van der Waals surface area contributed by atoms with Gasteiger partial charge in [0.1, 0.15) is 4.99 Å². The zero-order valence-electron chi connectivity index (χ0n) is 9.16. The smallest absolute Gasteiger partial charge is 0.107 e. The van der Waals surface area contributed by atoms with Crippen LogP contribution in [0.15, 0.2) is 18.2 Å². The molecule has 0 unspecified atom stereocenters. The first kappa shape index (κ1) is 11.7. The molecular weight excluding hydrogens is 240 g/mol. The topological polar surface area (TPSA) is 38.0 Å². The van der Waals surface area contributed by atoms with Crippen LogP contribution >= 0.6 is 23.8 Å². The fraction of sp³-hybridized carbons (Fsp3) is 0.417. The van der Waals surface area contributed by atoms with Crippen LogP contribution in [0.4, 0.5) is 5.69 Å². The van der Waals surface area contributed by atoms with Gasteiger partial charge in [-0.2, -0.15) is 0 Å². The summed E-state index contributed by atoms with van der Waals surface area (Å²) in [5, 5.41) is 4.06. The number of nitrogens with two attached hydrogens (primary N) is 1. The molecule has 0 heterocycles. The standard InChI is InChI=1S/C12H15ClN2S/c1-7-5-8(6-7)15-10-4-2-3-9(13)11(10)12(14)16/h2-4,7-8,15H,5-6H2,1H3,(H2,14,16). The monoisotopic (exact) mass is 254 g/mol. The van der Waals surface area contributed by atoms with Crippen LogP contribution in [0.5, 0.6) is 0 Å². The van der Waals surface area contributed by atoms with Crippen molar-refractivity contribution in [3.8, 4) is 0 Å². The maximum atomic E-state index is 6.09. The number of hydrogen-bond donors (Lipinski definition) is 2. The molecule has 0 spiro atoms. The number of rotatable bonds is 3. The molecule has 0 radical (unpaired) electrons. The van der Waals surface area contributed by atoms with Crippen LogP contribution in [0.25, 0.3) is 0 Å². The molecule has 86 valence electrons. The molecule has 0 amide bonds. The first-order chi connectivity index (χ1) is 7.58. The summed E-state index contributed by atoms with van der Waals surface area (Å²) < 4.78 is 0. The molecule has 0 bridgehead atoms. The first-order valence-electron chi connectivity index (χ1n) is 5.42. The average Bonchev–Trinajstić information content (AvgIpc) is 2.14. The van der Waals surface area contributed by atoms with Crippen molar-refractivity contribution in [2.24, 2.45) is 11.7 Å². The molecule has 1 fully saturated rings. The summed E-state index contributed by atoms with van der Waals surface area (Å²) in [6, 6.07) is 6.23. The minimum atomic E-state index is 0.348. The summed E-state index contributed by atoms with van der Waals surface area (Å²) in [5.74, 6) is 0.810. The first-order valence-corrected chi connectivity index (χ1v) is 6.21. The van der Waals surface area contributed by atoms with Gasteiger partial charge in [0.2, 0.25) is 0 Å². The van der Waals surface area contributed by atoms with Gasteiger partial charge in [0.05, 0.1) is 10.6 Å². The lowest BCUT2D eigenvalue weighted by Gasteiger charge is -2.34. The van der Waals surface area contributed by atoms with Crippen molar-refractivity contribution in [2.75, 3.05) is 5.32 Å². The molecule has 0 aliphatic heterocycles. The predicted octanol–water partition coefficient (Wildman–Crippen LogP) is 3.18. The largest absolute Gasteiger partial charge is 0.389 e.